The lowest BCUT2D eigenvalue weighted by molar-refractivity contribution is 0.104. The number of hydrogen-bond acceptors (Lipinski definition) is 4. The highest BCUT2D eigenvalue weighted by Crippen LogP contribution is 2.09. The first-order chi connectivity index (χ1) is 15.5. The molecular weight excluding hydrogens is 547 g/mol. The maximum absolute atomic E-state index is 11.7. The first-order valence-electron chi connectivity index (χ1n) is 9.53. The quantitative estimate of drug-likeness (QED) is 0.151. The molecule has 2 aromatic heterocycles. The van der Waals surface area contributed by atoms with Crippen molar-refractivity contribution in [2.75, 3.05) is 0 Å². The van der Waals surface area contributed by atoms with Gasteiger partial charge in [-0.1, -0.05) is 42.0 Å². The minimum absolute atomic E-state index is 0.131. The highest BCUT2D eigenvalue weighted by Gasteiger charge is 2.01. The highest BCUT2D eigenvalue weighted by molar-refractivity contribution is 14.1. The fraction of sp³-hybridized carbons (Fsp3) is 0.0370. The van der Waals surface area contributed by atoms with Crippen molar-refractivity contribution in [2.45, 2.75) is 6.92 Å². The molecule has 0 unspecified atom stereocenters. The molecule has 0 saturated carbocycles. The lowest BCUT2D eigenvalue weighted by Crippen LogP contribution is -1.94. The zero-order valence-electron chi connectivity index (χ0n) is 17.1. The Bertz CT molecular complexity index is 1190. The van der Waals surface area contributed by atoms with Gasteiger partial charge >= 0.3 is 0 Å². The molecule has 2 heterocycles. The Kier molecular flexibility index (Phi) is 9.01. The van der Waals surface area contributed by atoms with E-state index in [0.29, 0.717) is 11.1 Å². The molecule has 5 heteroatoms. The molecule has 2 aromatic carbocycles. The van der Waals surface area contributed by atoms with E-state index in [2.05, 4.69) is 46.3 Å². The molecule has 0 N–H and O–H groups in total. The van der Waals surface area contributed by atoms with Crippen LogP contribution in [-0.4, -0.2) is 11.6 Å². The fourth-order valence-corrected chi connectivity index (χ4v) is 3.89. The van der Waals surface area contributed by atoms with Crippen molar-refractivity contribution in [3.63, 3.8) is 0 Å². The number of thiophene rings is 2. The van der Waals surface area contributed by atoms with Crippen LogP contribution in [-0.2, 0) is 0 Å². The van der Waals surface area contributed by atoms with Gasteiger partial charge in [-0.3, -0.25) is 9.59 Å². The predicted molar refractivity (Wildman–Crippen MR) is 141 cm³/mol. The van der Waals surface area contributed by atoms with E-state index in [-0.39, 0.29) is 11.6 Å². The van der Waals surface area contributed by atoms with Crippen LogP contribution in [0.2, 0.25) is 0 Å². The van der Waals surface area contributed by atoms with Gasteiger partial charge in [-0.2, -0.15) is 0 Å². The second-order valence-corrected chi connectivity index (χ2v) is 9.63. The van der Waals surface area contributed by atoms with Crippen LogP contribution >= 0.6 is 45.3 Å². The summed E-state index contributed by atoms with van der Waals surface area (Å²) in [5.41, 5.74) is 2.43. The topological polar surface area (TPSA) is 34.1 Å². The van der Waals surface area contributed by atoms with Crippen LogP contribution in [0.1, 0.15) is 36.0 Å². The van der Waals surface area contributed by atoms with Gasteiger partial charge in [-0.15, -0.1) is 22.7 Å². The van der Waals surface area contributed by atoms with E-state index in [4.69, 9.17) is 0 Å². The SMILES string of the molecule is Cc1ccc(C(=O)C#Cc2cccs2)cc1.O=C(C#Cc1cccs1)c1ccc(I)cc1. The molecule has 0 amide bonds. The predicted octanol–water partition coefficient (Wildman–Crippen LogP) is 6.88. The van der Waals surface area contributed by atoms with Gasteiger partial charge in [0.25, 0.3) is 0 Å². The zero-order chi connectivity index (χ0) is 22.8. The summed E-state index contributed by atoms with van der Waals surface area (Å²) in [4.78, 5) is 25.2. The molecule has 0 aliphatic heterocycles. The summed E-state index contributed by atoms with van der Waals surface area (Å²) in [6.45, 7) is 1.99. The molecule has 2 nitrogen and oxygen atoms in total. The van der Waals surface area contributed by atoms with Gasteiger partial charge in [0.05, 0.1) is 9.75 Å². The van der Waals surface area contributed by atoms with E-state index in [0.717, 1.165) is 18.9 Å². The second kappa shape index (κ2) is 12.2. The van der Waals surface area contributed by atoms with Crippen molar-refractivity contribution in [1.82, 2.24) is 0 Å². The van der Waals surface area contributed by atoms with Crippen LogP contribution < -0.4 is 0 Å². The molecule has 0 saturated heterocycles. The number of carbonyl (C=O) groups excluding carboxylic acids is 2. The maximum Gasteiger partial charge on any atom is 0.236 e. The van der Waals surface area contributed by atoms with E-state index in [1.165, 1.54) is 22.7 Å². The first-order valence-corrected chi connectivity index (χ1v) is 12.4. The number of rotatable bonds is 2. The standard InChI is InChI=1S/C14H10OS.C13H7IOS/c1-11-4-6-12(7-5-11)14(15)9-8-13-3-2-10-16-13;14-11-5-3-10(4-6-11)13(15)8-7-12-2-1-9-16-12/h2-7,10H,1H3;1-6,9H. The molecule has 156 valence electrons. The molecule has 0 radical (unpaired) electrons. The fourth-order valence-electron chi connectivity index (χ4n) is 2.39. The minimum atomic E-state index is -0.134. The van der Waals surface area contributed by atoms with Crippen LogP contribution in [0.4, 0.5) is 0 Å². The minimum Gasteiger partial charge on any atom is -0.279 e. The Morgan fingerprint density at radius 1 is 0.688 bits per heavy atom. The van der Waals surface area contributed by atoms with Gasteiger partial charge in [-0.05, 0) is 100 Å². The molecule has 4 aromatic rings. The third-order valence-corrected chi connectivity index (χ3v) is 6.35. The van der Waals surface area contributed by atoms with Crippen LogP contribution in [0.15, 0.2) is 83.6 Å². The summed E-state index contributed by atoms with van der Waals surface area (Å²) in [6, 6.07) is 22.5. The number of ketones is 2. The number of carbonyl (C=O) groups is 2. The van der Waals surface area contributed by atoms with E-state index in [1.54, 1.807) is 24.3 Å². The van der Waals surface area contributed by atoms with Crippen molar-refractivity contribution in [3.8, 4) is 23.7 Å². The van der Waals surface area contributed by atoms with Crippen LogP contribution in [0, 0.1) is 34.2 Å². The summed E-state index contributed by atoms with van der Waals surface area (Å²) >= 11 is 5.28. The molecule has 0 spiro atoms. The van der Waals surface area contributed by atoms with Crippen LogP contribution in [0.5, 0.6) is 0 Å². The molecule has 0 aliphatic carbocycles. The largest absolute Gasteiger partial charge is 0.279 e. The summed E-state index contributed by atoms with van der Waals surface area (Å²) < 4.78 is 1.11. The van der Waals surface area contributed by atoms with E-state index >= 15 is 0 Å². The average molecular weight is 564 g/mol. The number of hydrogen-bond donors (Lipinski definition) is 0. The smallest absolute Gasteiger partial charge is 0.236 e. The monoisotopic (exact) mass is 564 g/mol. The third-order valence-electron chi connectivity index (χ3n) is 4.06. The molecular formula is C27H17IO2S2. The molecule has 0 fully saturated rings. The molecule has 4 rings (SSSR count). The second-order valence-electron chi connectivity index (χ2n) is 6.49. The molecule has 0 aliphatic rings. The lowest BCUT2D eigenvalue weighted by Gasteiger charge is -1.94. The van der Waals surface area contributed by atoms with Crippen LogP contribution in [0.25, 0.3) is 0 Å². The van der Waals surface area contributed by atoms with Gasteiger partial charge in [0.1, 0.15) is 0 Å². The Labute approximate surface area is 209 Å². The number of Topliss-reactive ketones (excluding diaryl/α,β-unsaturated/α-hetero) is 2. The van der Waals surface area contributed by atoms with Gasteiger partial charge < -0.3 is 0 Å². The Morgan fingerprint density at radius 3 is 1.53 bits per heavy atom. The van der Waals surface area contributed by atoms with Crippen LogP contribution in [0.3, 0.4) is 0 Å². The summed E-state index contributed by atoms with van der Waals surface area (Å²) in [6.07, 6.45) is 0. The first kappa shape index (κ1) is 23.7. The molecule has 32 heavy (non-hydrogen) atoms. The summed E-state index contributed by atoms with van der Waals surface area (Å²) in [7, 11) is 0. The number of halogens is 1. The van der Waals surface area contributed by atoms with Crippen molar-refractivity contribution >= 4 is 56.8 Å². The number of aryl methyl sites for hydroxylation is 1. The van der Waals surface area contributed by atoms with Gasteiger partial charge in [-0.25, -0.2) is 0 Å². The molecule has 0 atom stereocenters. The summed E-state index contributed by atoms with van der Waals surface area (Å²) in [5.74, 6) is 10.7. The zero-order valence-corrected chi connectivity index (χ0v) is 20.9. The van der Waals surface area contributed by atoms with Crippen molar-refractivity contribution in [3.05, 3.63) is 114 Å². The van der Waals surface area contributed by atoms with Gasteiger partial charge in [0, 0.05) is 14.7 Å². The Morgan fingerprint density at radius 2 is 1.12 bits per heavy atom. The average Bonchev–Trinajstić information content (AvgIpc) is 3.51. The van der Waals surface area contributed by atoms with Crippen molar-refractivity contribution < 1.29 is 9.59 Å². The van der Waals surface area contributed by atoms with Gasteiger partial charge in [0.15, 0.2) is 0 Å². The van der Waals surface area contributed by atoms with Gasteiger partial charge in [0.2, 0.25) is 11.6 Å². The van der Waals surface area contributed by atoms with Crippen molar-refractivity contribution in [2.24, 2.45) is 0 Å². The Hall–Kier alpha value is -2.97. The van der Waals surface area contributed by atoms with Crippen molar-refractivity contribution in [1.29, 1.82) is 0 Å². The van der Waals surface area contributed by atoms with E-state index in [9.17, 15) is 9.59 Å². The normalized spacial score (nSPS) is 9.31. The summed E-state index contributed by atoms with van der Waals surface area (Å²) in [5, 5.41) is 3.89. The van der Waals surface area contributed by atoms with E-state index in [1.807, 2.05) is 66.2 Å². The number of benzene rings is 2. The molecule has 0 bridgehead atoms. The Balaban J connectivity index is 0.000000181. The van der Waals surface area contributed by atoms with E-state index < -0.39 is 0 Å². The third kappa shape index (κ3) is 7.62. The lowest BCUT2D eigenvalue weighted by atomic mass is 10.1. The maximum atomic E-state index is 11.7. The highest BCUT2D eigenvalue weighted by atomic mass is 127.